The molecular formula is C50H47F3N2OSe2. The Labute approximate surface area is 350 Å². The third kappa shape index (κ3) is 7.73. The van der Waals surface area contributed by atoms with Crippen molar-refractivity contribution in [2.75, 3.05) is 0 Å². The number of aromatic nitrogens is 2. The number of hydrogen-bond acceptors (Lipinski definition) is 3. The molecule has 0 radical (unpaired) electrons. The first-order chi connectivity index (χ1) is 27.3. The molecule has 0 amide bonds. The van der Waals surface area contributed by atoms with Gasteiger partial charge in [-0.15, -0.1) is 0 Å². The second-order valence-electron chi connectivity index (χ2n) is 18.1. The van der Waals surface area contributed by atoms with Crippen LogP contribution in [0.15, 0.2) is 109 Å². The molecule has 296 valence electrons. The van der Waals surface area contributed by atoms with E-state index >= 15 is 0 Å². The Balaban J connectivity index is 1.22. The zero-order valence-corrected chi connectivity index (χ0v) is 37.8. The van der Waals surface area contributed by atoms with Crippen molar-refractivity contribution in [3.8, 4) is 44.0 Å². The standard InChI is InChI=1S/C50H47F3N2OSe2/c1-29-37-19-21-55-43(46(37)58-44(29)31-16-14-30(15-17-31)28-49(8,9)50(51,52)53)32-22-34(48(5,6)7)24-35(23-32)56-36-26-39-38-12-10-11-13-42(38)57-45(39)40(27-36)41-25-33(18-20-54-41)47(2,3)4/h10-27H,28H2,1-9H3. The molecule has 0 fully saturated rings. The molecule has 0 spiro atoms. The molecule has 8 aromatic rings. The van der Waals surface area contributed by atoms with Crippen LogP contribution in [0.3, 0.4) is 0 Å². The van der Waals surface area contributed by atoms with Gasteiger partial charge in [0.05, 0.1) is 0 Å². The van der Waals surface area contributed by atoms with Gasteiger partial charge in [-0.1, -0.05) is 0 Å². The van der Waals surface area contributed by atoms with Crippen LogP contribution in [0.1, 0.15) is 77.6 Å². The molecule has 0 aliphatic heterocycles. The molecule has 8 rings (SSSR count). The third-order valence-corrected chi connectivity index (χ3v) is 16.5. The first-order valence-corrected chi connectivity index (χ1v) is 23.0. The molecule has 8 heteroatoms. The van der Waals surface area contributed by atoms with Crippen LogP contribution in [-0.2, 0) is 17.3 Å². The van der Waals surface area contributed by atoms with Crippen molar-refractivity contribution in [2.24, 2.45) is 5.41 Å². The van der Waals surface area contributed by atoms with Gasteiger partial charge in [0, 0.05) is 0 Å². The van der Waals surface area contributed by atoms with Crippen LogP contribution in [-0.4, -0.2) is 45.2 Å². The van der Waals surface area contributed by atoms with E-state index in [9.17, 15) is 13.2 Å². The molecule has 0 aliphatic rings. The molecule has 0 atom stereocenters. The SMILES string of the molecule is Cc1c(-c2ccc(CC(C)(C)C(F)(F)F)cc2)[se]c2c(-c3cc(Oc4cc(-c5cc(C(C)(C)C)ccn5)c5[se]c6ccccc6c5c4)cc(C(C)(C)C)c3)nccc12. The number of aryl methyl sites for hydroxylation is 1. The number of nitrogens with zero attached hydrogens (tertiary/aromatic N) is 2. The molecule has 0 N–H and O–H groups in total. The van der Waals surface area contributed by atoms with E-state index in [2.05, 4.69) is 121 Å². The summed E-state index contributed by atoms with van der Waals surface area (Å²) in [6.07, 6.45) is -0.529. The van der Waals surface area contributed by atoms with Crippen molar-refractivity contribution in [1.82, 2.24) is 9.97 Å². The molecule has 4 aromatic heterocycles. The summed E-state index contributed by atoms with van der Waals surface area (Å²) >= 11 is 0.0594. The third-order valence-electron chi connectivity index (χ3n) is 11.1. The van der Waals surface area contributed by atoms with E-state index in [1.165, 1.54) is 58.4 Å². The normalized spacial score (nSPS) is 12.9. The number of ether oxygens (including phenoxy) is 1. The number of pyridine rings is 2. The van der Waals surface area contributed by atoms with Crippen molar-refractivity contribution in [3.63, 3.8) is 0 Å². The van der Waals surface area contributed by atoms with E-state index in [0.717, 1.165) is 45.1 Å². The summed E-state index contributed by atoms with van der Waals surface area (Å²) in [7, 11) is 0. The van der Waals surface area contributed by atoms with Crippen LogP contribution < -0.4 is 4.74 Å². The average Bonchev–Trinajstić information content (AvgIpc) is 3.71. The number of rotatable bonds is 7. The van der Waals surface area contributed by atoms with E-state index < -0.39 is 11.6 Å². The van der Waals surface area contributed by atoms with Crippen LogP contribution in [0.4, 0.5) is 13.2 Å². The summed E-state index contributed by atoms with van der Waals surface area (Å²) in [5, 5.41) is 3.62. The van der Waals surface area contributed by atoms with Gasteiger partial charge in [0.25, 0.3) is 0 Å². The van der Waals surface area contributed by atoms with Crippen LogP contribution in [0.2, 0.25) is 0 Å². The molecule has 4 aromatic carbocycles. The molecule has 4 heterocycles. The first-order valence-electron chi connectivity index (χ1n) is 19.6. The molecule has 58 heavy (non-hydrogen) atoms. The van der Waals surface area contributed by atoms with Gasteiger partial charge in [-0.3, -0.25) is 0 Å². The predicted molar refractivity (Wildman–Crippen MR) is 237 cm³/mol. The predicted octanol–water partition coefficient (Wildman–Crippen LogP) is 13.9. The van der Waals surface area contributed by atoms with Crippen molar-refractivity contribution in [3.05, 3.63) is 132 Å². The summed E-state index contributed by atoms with van der Waals surface area (Å²) in [6.45, 7) is 18.0. The summed E-state index contributed by atoms with van der Waals surface area (Å²) in [5.74, 6) is 1.51. The maximum atomic E-state index is 13.6. The molecule has 0 bridgehead atoms. The van der Waals surface area contributed by atoms with Gasteiger partial charge in [0.2, 0.25) is 0 Å². The Morgan fingerprint density at radius 3 is 2.00 bits per heavy atom. The molecule has 0 saturated heterocycles. The Hall–Kier alpha value is -4.45. The quantitative estimate of drug-likeness (QED) is 0.150. The summed E-state index contributed by atoms with van der Waals surface area (Å²) in [4.78, 5) is 9.92. The fourth-order valence-corrected chi connectivity index (χ4v) is 12.8. The van der Waals surface area contributed by atoms with Crippen LogP contribution in [0.5, 0.6) is 11.5 Å². The number of alkyl halides is 3. The Kier molecular flexibility index (Phi) is 10.2. The number of halogens is 3. The number of benzene rings is 4. The van der Waals surface area contributed by atoms with E-state index in [1.807, 2.05) is 36.7 Å². The molecule has 0 unspecified atom stereocenters. The average molecular weight is 907 g/mol. The van der Waals surface area contributed by atoms with Gasteiger partial charge in [-0.2, -0.15) is 0 Å². The van der Waals surface area contributed by atoms with Crippen LogP contribution in [0, 0.1) is 12.3 Å². The van der Waals surface area contributed by atoms with Crippen LogP contribution in [0.25, 0.3) is 61.5 Å². The van der Waals surface area contributed by atoms with E-state index in [-0.39, 0.29) is 46.3 Å². The monoisotopic (exact) mass is 908 g/mol. The van der Waals surface area contributed by atoms with Gasteiger partial charge >= 0.3 is 353 Å². The zero-order valence-electron chi connectivity index (χ0n) is 34.4. The van der Waals surface area contributed by atoms with Crippen molar-refractivity contribution < 1.29 is 17.9 Å². The molecule has 3 nitrogen and oxygen atoms in total. The first kappa shape index (κ1) is 40.3. The molecule has 0 aliphatic carbocycles. The zero-order chi connectivity index (χ0) is 41.4. The summed E-state index contributed by atoms with van der Waals surface area (Å²) in [6, 6.07) is 33.6. The number of hydrogen-bond donors (Lipinski definition) is 0. The maximum absolute atomic E-state index is 13.6. The summed E-state index contributed by atoms with van der Waals surface area (Å²) < 4.78 is 53.0. The van der Waals surface area contributed by atoms with Gasteiger partial charge < -0.3 is 0 Å². The second-order valence-corrected chi connectivity index (χ2v) is 22.4. The second kappa shape index (κ2) is 14.7. The molecular weight excluding hydrogens is 859 g/mol. The van der Waals surface area contributed by atoms with Gasteiger partial charge in [-0.05, 0) is 0 Å². The van der Waals surface area contributed by atoms with Crippen molar-refractivity contribution >= 4 is 57.9 Å². The Morgan fingerprint density at radius 2 is 1.29 bits per heavy atom. The number of fused-ring (bicyclic) bond motifs is 4. The Morgan fingerprint density at radius 1 is 0.603 bits per heavy atom. The van der Waals surface area contributed by atoms with Gasteiger partial charge in [0.1, 0.15) is 0 Å². The minimum atomic E-state index is -4.27. The fourth-order valence-electron chi connectivity index (χ4n) is 7.47. The topological polar surface area (TPSA) is 35.0 Å². The minimum absolute atomic E-state index is 0.0175. The van der Waals surface area contributed by atoms with Crippen molar-refractivity contribution in [2.45, 2.75) is 85.7 Å². The Bertz CT molecular complexity index is 2830. The van der Waals surface area contributed by atoms with Gasteiger partial charge in [-0.25, -0.2) is 0 Å². The van der Waals surface area contributed by atoms with E-state index in [1.54, 1.807) is 0 Å². The fraction of sp³-hybridized carbons (Fsp3) is 0.280. The van der Waals surface area contributed by atoms with Crippen molar-refractivity contribution in [1.29, 1.82) is 0 Å². The molecule has 0 saturated carbocycles. The van der Waals surface area contributed by atoms with Gasteiger partial charge in [0.15, 0.2) is 0 Å². The van der Waals surface area contributed by atoms with E-state index in [0.29, 0.717) is 5.56 Å². The summed E-state index contributed by atoms with van der Waals surface area (Å²) in [5.41, 5.74) is 7.29. The van der Waals surface area contributed by atoms with E-state index in [4.69, 9.17) is 14.7 Å². The van der Waals surface area contributed by atoms with Crippen LogP contribution >= 0.6 is 0 Å².